The lowest BCUT2D eigenvalue weighted by Gasteiger charge is -2.14. The molecule has 22 heavy (non-hydrogen) atoms. The summed E-state index contributed by atoms with van der Waals surface area (Å²) in [5.74, 6) is 0.947. The lowest BCUT2D eigenvalue weighted by atomic mass is 9.92. The number of benzene rings is 1. The van der Waals surface area contributed by atoms with Crippen LogP contribution in [0.3, 0.4) is 0 Å². The van der Waals surface area contributed by atoms with Crippen LogP contribution in [0, 0.1) is 5.92 Å². The SMILES string of the molecule is O=C(CN1CCCS1(=O)=O)N[C@@H]1[C@H]2CCc3ccccc3[C@@H]21. The van der Waals surface area contributed by atoms with Crippen molar-refractivity contribution in [3.63, 3.8) is 0 Å². The van der Waals surface area contributed by atoms with Crippen molar-refractivity contribution in [2.75, 3.05) is 18.8 Å². The van der Waals surface area contributed by atoms with Crippen LogP contribution in [0.15, 0.2) is 24.3 Å². The molecule has 1 aromatic rings. The maximum atomic E-state index is 12.2. The molecule has 4 rings (SSSR count). The molecule has 3 aliphatic rings. The van der Waals surface area contributed by atoms with E-state index >= 15 is 0 Å². The molecule has 6 heteroatoms. The third kappa shape index (κ3) is 2.34. The number of nitrogens with one attached hydrogen (secondary N) is 1. The zero-order valence-electron chi connectivity index (χ0n) is 12.4. The van der Waals surface area contributed by atoms with Gasteiger partial charge in [-0.1, -0.05) is 24.3 Å². The lowest BCUT2D eigenvalue weighted by molar-refractivity contribution is -0.121. The molecule has 1 aliphatic heterocycles. The molecule has 5 nitrogen and oxygen atoms in total. The minimum absolute atomic E-state index is 0.0279. The number of fused-ring (bicyclic) bond motifs is 3. The average Bonchev–Trinajstić information content (AvgIpc) is 3.09. The highest BCUT2D eigenvalue weighted by atomic mass is 32.2. The Hall–Kier alpha value is -1.40. The predicted octanol–water partition coefficient (Wildman–Crippen LogP) is 0.867. The smallest absolute Gasteiger partial charge is 0.235 e. The van der Waals surface area contributed by atoms with Crippen LogP contribution >= 0.6 is 0 Å². The molecule has 1 saturated carbocycles. The number of sulfonamides is 1. The normalized spacial score (nSPS) is 32.1. The number of carbonyl (C=O) groups excluding carboxylic acids is 1. The molecule has 118 valence electrons. The van der Waals surface area contributed by atoms with Crippen molar-refractivity contribution >= 4 is 15.9 Å². The van der Waals surface area contributed by atoms with Crippen LogP contribution in [0.4, 0.5) is 0 Å². The van der Waals surface area contributed by atoms with Gasteiger partial charge in [0.25, 0.3) is 0 Å². The largest absolute Gasteiger partial charge is 0.351 e. The van der Waals surface area contributed by atoms with E-state index in [0.717, 1.165) is 12.8 Å². The van der Waals surface area contributed by atoms with Gasteiger partial charge in [0, 0.05) is 18.5 Å². The number of aryl methyl sites for hydroxylation is 1. The van der Waals surface area contributed by atoms with Crippen LogP contribution in [-0.4, -0.2) is 43.5 Å². The summed E-state index contributed by atoms with van der Waals surface area (Å²) in [6, 6.07) is 8.62. The van der Waals surface area contributed by atoms with Crippen LogP contribution in [0.2, 0.25) is 0 Å². The summed E-state index contributed by atoms with van der Waals surface area (Å²) >= 11 is 0. The van der Waals surface area contributed by atoms with Crippen LogP contribution in [0.25, 0.3) is 0 Å². The molecule has 2 aliphatic carbocycles. The topological polar surface area (TPSA) is 66.5 Å². The van der Waals surface area contributed by atoms with Crippen LogP contribution in [0.5, 0.6) is 0 Å². The van der Waals surface area contributed by atoms with Gasteiger partial charge in [-0.15, -0.1) is 0 Å². The maximum absolute atomic E-state index is 12.2. The Labute approximate surface area is 130 Å². The van der Waals surface area contributed by atoms with Gasteiger partial charge in [-0.3, -0.25) is 4.79 Å². The predicted molar refractivity (Wildman–Crippen MR) is 82.9 cm³/mol. The zero-order valence-corrected chi connectivity index (χ0v) is 13.2. The van der Waals surface area contributed by atoms with Crippen molar-refractivity contribution in [1.29, 1.82) is 0 Å². The second-order valence-corrected chi connectivity index (χ2v) is 8.61. The molecule has 3 atom stereocenters. The first-order valence-electron chi connectivity index (χ1n) is 7.91. The Morgan fingerprint density at radius 1 is 1.32 bits per heavy atom. The van der Waals surface area contributed by atoms with E-state index in [1.165, 1.54) is 15.4 Å². The first kappa shape index (κ1) is 14.2. The van der Waals surface area contributed by atoms with Crippen molar-refractivity contribution in [3.05, 3.63) is 35.4 Å². The van der Waals surface area contributed by atoms with Gasteiger partial charge in [0.05, 0.1) is 12.3 Å². The molecule has 0 spiro atoms. The molecule has 0 bridgehead atoms. The first-order valence-corrected chi connectivity index (χ1v) is 9.52. The maximum Gasteiger partial charge on any atom is 0.235 e. The van der Waals surface area contributed by atoms with Gasteiger partial charge >= 0.3 is 0 Å². The highest BCUT2D eigenvalue weighted by Crippen LogP contribution is 2.54. The summed E-state index contributed by atoms with van der Waals surface area (Å²) in [5.41, 5.74) is 2.75. The van der Waals surface area contributed by atoms with Crippen molar-refractivity contribution < 1.29 is 13.2 Å². The molecule has 1 N–H and O–H groups in total. The highest BCUT2D eigenvalue weighted by Gasteiger charge is 2.53. The van der Waals surface area contributed by atoms with E-state index in [0.29, 0.717) is 24.8 Å². The summed E-state index contributed by atoms with van der Waals surface area (Å²) in [5, 5.41) is 3.06. The van der Waals surface area contributed by atoms with Gasteiger partial charge in [-0.25, -0.2) is 8.42 Å². The Balaban J connectivity index is 1.41. The first-order chi connectivity index (χ1) is 10.6. The third-order valence-corrected chi connectivity index (χ3v) is 7.08. The van der Waals surface area contributed by atoms with Crippen molar-refractivity contribution in [2.45, 2.75) is 31.2 Å². The number of nitrogens with zero attached hydrogens (tertiary/aromatic N) is 1. The number of rotatable bonds is 3. The number of carbonyl (C=O) groups is 1. The molecular weight excluding hydrogens is 300 g/mol. The second kappa shape index (κ2) is 5.06. The minimum atomic E-state index is -3.20. The molecule has 1 saturated heterocycles. The van der Waals surface area contributed by atoms with E-state index in [1.54, 1.807) is 0 Å². The Bertz CT molecular complexity index is 716. The fourth-order valence-corrected chi connectivity index (χ4v) is 5.50. The van der Waals surface area contributed by atoms with E-state index in [2.05, 4.69) is 29.6 Å². The third-order valence-electron chi connectivity index (χ3n) is 5.18. The molecule has 0 aromatic heterocycles. The van der Waals surface area contributed by atoms with Gasteiger partial charge in [0.15, 0.2) is 0 Å². The van der Waals surface area contributed by atoms with Gasteiger partial charge < -0.3 is 5.32 Å². The van der Waals surface area contributed by atoms with Crippen LogP contribution < -0.4 is 5.32 Å². The molecule has 1 amide bonds. The van der Waals surface area contributed by atoms with Gasteiger partial charge in [-0.05, 0) is 36.3 Å². The van der Waals surface area contributed by atoms with E-state index in [4.69, 9.17) is 0 Å². The molecular formula is C16H20N2O3S. The van der Waals surface area contributed by atoms with Crippen LogP contribution in [-0.2, 0) is 21.2 Å². The minimum Gasteiger partial charge on any atom is -0.351 e. The molecule has 2 fully saturated rings. The summed E-state index contributed by atoms with van der Waals surface area (Å²) < 4.78 is 24.8. The summed E-state index contributed by atoms with van der Waals surface area (Å²) in [7, 11) is -3.20. The van der Waals surface area contributed by atoms with E-state index in [9.17, 15) is 13.2 Å². The highest BCUT2D eigenvalue weighted by molar-refractivity contribution is 7.89. The second-order valence-electron chi connectivity index (χ2n) is 6.52. The molecule has 1 aromatic carbocycles. The summed E-state index contributed by atoms with van der Waals surface area (Å²) in [6.45, 7) is 0.441. The Kier molecular flexibility index (Phi) is 3.27. The fourth-order valence-electron chi connectivity index (χ4n) is 4.02. The quantitative estimate of drug-likeness (QED) is 0.898. The van der Waals surface area contributed by atoms with E-state index < -0.39 is 10.0 Å². The monoisotopic (exact) mass is 320 g/mol. The molecule has 0 unspecified atom stereocenters. The number of hydrogen-bond donors (Lipinski definition) is 1. The fraction of sp³-hybridized carbons (Fsp3) is 0.562. The van der Waals surface area contributed by atoms with Crippen molar-refractivity contribution in [2.24, 2.45) is 5.92 Å². The molecule has 1 heterocycles. The van der Waals surface area contributed by atoms with Gasteiger partial charge in [0.2, 0.25) is 15.9 Å². The van der Waals surface area contributed by atoms with Crippen molar-refractivity contribution in [3.8, 4) is 0 Å². The van der Waals surface area contributed by atoms with Gasteiger partial charge in [-0.2, -0.15) is 4.31 Å². The van der Waals surface area contributed by atoms with Crippen LogP contribution in [0.1, 0.15) is 29.9 Å². The zero-order chi connectivity index (χ0) is 15.3. The number of amides is 1. The lowest BCUT2D eigenvalue weighted by Crippen LogP contribution is -2.39. The standard InChI is InChI=1S/C16H20N2O3S/c19-14(10-18-8-3-9-22(18,20)21)17-16-13-7-6-11-4-1-2-5-12(11)15(13)16/h1-2,4-5,13,15-16H,3,6-10H2,(H,17,19)/t13-,15-,16+/m0/s1. The van der Waals surface area contributed by atoms with Crippen molar-refractivity contribution in [1.82, 2.24) is 9.62 Å². The average molecular weight is 320 g/mol. The van der Waals surface area contributed by atoms with Gasteiger partial charge in [0.1, 0.15) is 0 Å². The Morgan fingerprint density at radius 3 is 2.91 bits per heavy atom. The molecule has 0 radical (unpaired) electrons. The van der Waals surface area contributed by atoms with E-state index in [1.807, 2.05) is 0 Å². The number of hydrogen-bond acceptors (Lipinski definition) is 3. The summed E-state index contributed by atoms with van der Waals surface area (Å²) in [4.78, 5) is 12.2. The van der Waals surface area contributed by atoms with E-state index in [-0.39, 0.29) is 24.2 Å². The summed E-state index contributed by atoms with van der Waals surface area (Å²) in [6.07, 6.45) is 2.80. The Morgan fingerprint density at radius 2 is 2.14 bits per heavy atom.